The van der Waals surface area contributed by atoms with Crippen LogP contribution >= 0.6 is 0 Å². The highest BCUT2D eigenvalue weighted by atomic mass is 127. The van der Waals surface area contributed by atoms with Crippen LogP contribution in [0.4, 0.5) is 8.78 Å². The SMILES string of the molecule is C[N+]1(C(F)F)CCCCC1.[I-]. The van der Waals surface area contributed by atoms with Gasteiger partial charge >= 0.3 is 6.55 Å². The van der Waals surface area contributed by atoms with Gasteiger partial charge in [0, 0.05) is 0 Å². The molecule has 0 atom stereocenters. The minimum absolute atomic E-state index is 0. The Morgan fingerprint density at radius 1 is 1.09 bits per heavy atom. The molecule has 0 aromatic carbocycles. The average Bonchev–Trinajstić information content (AvgIpc) is 1.89. The molecule has 1 heterocycles. The fourth-order valence-electron chi connectivity index (χ4n) is 1.43. The Morgan fingerprint density at radius 2 is 1.55 bits per heavy atom. The third-order valence-electron chi connectivity index (χ3n) is 2.31. The Bertz CT molecular complexity index is 113. The van der Waals surface area contributed by atoms with E-state index in [4.69, 9.17) is 0 Å². The lowest BCUT2D eigenvalue weighted by Gasteiger charge is -2.36. The smallest absolute Gasteiger partial charge is 0.380 e. The van der Waals surface area contributed by atoms with Crippen molar-refractivity contribution in [2.45, 2.75) is 25.8 Å². The quantitative estimate of drug-likeness (QED) is 0.322. The lowest BCUT2D eigenvalue weighted by Crippen LogP contribution is -3.00. The lowest BCUT2D eigenvalue weighted by atomic mass is 10.1. The second-order valence-electron chi connectivity index (χ2n) is 3.26. The van der Waals surface area contributed by atoms with Gasteiger partial charge in [-0.25, -0.2) is 0 Å². The first-order valence-electron chi connectivity index (χ1n) is 3.77. The molecule has 1 fully saturated rings. The summed E-state index contributed by atoms with van der Waals surface area (Å²) in [6.45, 7) is -0.879. The van der Waals surface area contributed by atoms with E-state index in [1.165, 1.54) is 0 Å². The van der Waals surface area contributed by atoms with Gasteiger partial charge in [0.2, 0.25) is 0 Å². The molecule has 4 heteroatoms. The van der Waals surface area contributed by atoms with Crippen molar-refractivity contribution in [3.8, 4) is 0 Å². The fourth-order valence-corrected chi connectivity index (χ4v) is 1.43. The molecule has 0 bridgehead atoms. The van der Waals surface area contributed by atoms with Gasteiger partial charge in [0.1, 0.15) is 0 Å². The molecule has 11 heavy (non-hydrogen) atoms. The van der Waals surface area contributed by atoms with E-state index in [9.17, 15) is 8.78 Å². The molecule has 0 N–H and O–H groups in total. The normalized spacial score (nSPS) is 22.9. The topological polar surface area (TPSA) is 0 Å². The van der Waals surface area contributed by atoms with Crippen LogP contribution in [0.5, 0.6) is 0 Å². The molecule has 1 aliphatic rings. The monoisotopic (exact) mass is 277 g/mol. The first-order valence-corrected chi connectivity index (χ1v) is 3.77. The van der Waals surface area contributed by atoms with Crippen molar-refractivity contribution in [2.24, 2.45) is 0 Å². The van der Waals surface area contributed by atoms with Crippen LogP contribution in [-0.4, -0.2) is 31.2 Å². The van der Waals surface area contributed by atoms with Gasteiger partial charge in [-0.3, -0.25) is 4.48 Å². The summed E-state index contributed by atoms with van der Waals surface area (Å²) >= 11 is 0. The summed E-state index contributed by atoms with van der Waals surface area (Å²) in [7, 11) is 1.64. The van der Waals surface area contributed by atoms with Gasteiger partial charge in [-0.2, -0.15) is 8.78 Å². The molecule has 0 spiro atoms. The minimum atomic E-state index is -2.18. The third kappa shape index (κ3) is 2.82. The molecule has 0 saturated carbocycles. The van der Waals surface area contributed by atoms with Crippen LogP contribution in [0.25, 0.3) is 0 Å². The van der Waals surface area contributed by atoms with Crippen LogP contribution in [0, 0.1) is 0 Å². The first-order chi connectivity index (χ1) is 4.65. The zero-order valence-corrected chi connectivity index (χ0v) is 8.85. The van der Waals surface area contributed by atoms with Crippen molar-refractivity contribution in [1.82, 2.24) is 0 Å². The van der Waals surface area contributed by atoms with E-state index in [-0.39, 0.29) is 28.5 Å². The number of halogens is 3. The predicted octanol–water partition coefficient (Wildman–Crippen LogP) is -1.16. The lowest BCUT2D eigenvalue weighted by molar-refractivity contribution is -0.966. The number of quaternary nitrogens is 1. The van der Waals surface area contributed by atoms with Crippen LogP contribution < -0.4 is 24.0 Å². The molecule has 68 valence electrons. The van der Waals surface area contributed by atoms with E-state index >= 15 is 0 Å². The van der Waals surface area contributed by atoms with Crippen LogP contribution in [0.2, 0.25) is 0 Å². The van der Waals surface area contributed by atoms with Crippen molar-refractivity contribution in [3.05, 3.63) is 0 Å². The molecule has 0 aromatic rings. The van der Waals surface area contributed by atoms with Crippen molar-refractivity contribution >= 4 is 0 Å². The van der Waals surface area contributed by atoms with Gasteiger partial charge in [0.25, 0.3) is 0 Å². The molecule has 1 saturated heterocycles. The Morgan fingerprint density at radius 3 is 1.82 bits per heavy atom. The summed E-state index contributed by atoms with van der Waals surface area (Å²) in [5, 5.41) is 0. The Hall–Kier alpha value is 0.550. The molecule has 1 rings (SSSR count). The maximum Gasteiger partial charge on any atom is 0.380 e. The Balaban J connectivity index is 0.000001000. The number of hydrogen-bond donors (Lipinski definition) is 0. The van der Waals surface area contributed by atoms with Gasteiger partial charge in [0.15, 0.2) is 0 Å². The van der Waals surface area contributed by atoms with E-state index in [1.54, 1.807) is 7.05 Å². The number of piperidine rings is 1. The summed E-state index contributed by atoms with van der Waals surface area (Å²) < 4.78 is 24.5. The van der Waals surface area contributed by atoms with E-state index < -0.39 is 6.55 Å². The molecular formula is C7H14F2IN. The summed E-state index contributed by atoms with van der Waals surface area (Å²) in [6.07, 6.45) is 3.04. The van der Waals surface area contributed by atoms with Crippen molar-refractivity contribution in [1.29, 1.82) is 0 Å². The van der Waals surface area contributed by atoms with Gasteiger partial charge in [0.05, 0.1) is 20.1 Å². The molecule has 0 aromatic heterocycles. The molecule has 0 amide bonds. The number of rotatable bonds is 1. The number of alkyl halides is 2. The van der Waals surface area contributed by atoms with Crippen LogP contribution in [0.1, 0.15) is 19.3 Å². The highest BCUT2D eigenvalue weighted by molar-refractivity contribution is 4.49. The second kappa shape index (κ2) is 4.54. The van der Waals surface area contributed by atoms with Gasteiger partial charge < -0.3 is 24.0 Å². The van der Waals surface area contributed by atoms with E-state index in [0.29, 0.717) is 13.1 Å². The molecule has 0 radical (unpaired) electrons. The van der Waals surface area contributed by atoms with Crippen molar-refractivity contribution in [2.75, 3.05) is 20.1 Å². The summed E-state index contributed by atoms with van der Waals surface area (Å²) in [5.41, 5.74) is 0. The van der Waals surface area contributed by atoms with E-state index in [0.717, 1.165) is 19.3 Å². The van der Waals surface area contributed by atoms with Gasteiger partial charge in [-0.05, 0) is 19.3 Å². The standard InChI is InChI=1S/C7H14F2N.HI/c1-10(7(8)9)5-3-2-4-6-10;/h7H,2-6H2,1H3;1H/q+1;/p-1. The molecule has 0 unspecified atom stereocenters. The van der Waals surface area contributed by atoms with Gasteiger partial charge in [-0.15, -0.1) is 0 Å². The molecule has 1 nitrogen and oxygen atoms in total. The number of likely N-dealkylation sites (tertiary alicyclic amines) is 1. The van der Waals surface area contributed by atoms with Crippen molar-refractivity contribution < 1.29 is 37.2 Å². The van der Waals surface area contributed by atoms with Crippen LogP contribution in [-0.2, 0) is 0 Å². The summed E-state index contributed by atoms with van der Waals surface area (Å²) in [6, 6.07) is 0. The summed E-state index contributed by atoms with van der Waals surface area (Å²) in [4.78, 5) is 0. The fraction of sp³-hybridized carbons (Fsp3) is 1.00. The highest BCUT2D eigenvalue weighted by Gasteiger charge is 2.33. The zero-order chi connectivity index (χ0) is 7.61. The van der Waals surface area contributed by atoms with Gasteiger partial charge in [-0.1, -0.05) is 0 Å². The first kappa shape index (κ1) is 11.6. The highest BCUT2D eigenvalue weighted by Crippen LogP contribution is 2.21. The maximum atomic E-state index is 12.3. The van der Waals surface area contributed by atoms with Crippen molar-refractivity contribution in [3.63, 3.8) is 0 Å². The van der Waals surface area contributed by atoms with Crippen LogP contribution in [0.15, 0.2) is 0 Å². The van der Waals surface area contributed by atoms with E-state index in [2.05, 4.69) is 0 Å². The molecule has 0 aliphatic carbocycles. The molecular weight excluding hydrogens is 263 g/mol. The summed E-state index contributed by atoms with van der Waals surface area (Å²) in [5.74, 6) is 0. The third-order valence-corrected chi connectivity index (χ3v) is 2.31. The van der Waals surface area contributed by atoms with E-state index in [1.807, 2.05) is 0 Å². The largest absolute Gasteiger partial charge is 1.00 e. The molecule has 1 aliphatic heterocycles. The Kier molecular flexibility index (Phi) is 4.77. The number of nitrogens with zero attached hydrogens (tertiary/aromatic N) is 1. The Labute approximate surface area is 83.4 Å². The zero-order valence-electron chi connectivity index (χ0n) is 6.69. The predicted molar refractivity (Wildman–Crippen MR) is 35.8 cm³/mol. The minimum Gasteiger partial charge on any atom is -1.00 e. The number of hydrogen-bond acceptors (Lipinski definition) is 0. The van der Waals surface area contributed by atoms with Crippen LogP contribution in [0.3, 0.4) is 0 Å². The average molecular weight is 277 g/mol. The second-order valence-corrected chi connectivity index (χ2v) is 3.26. The maximum absolute atomic E-state index is 12.3.